The molecule has 0 aliphatic carbocycles. The smallest absolute Gasteiger partial charge is 0.254 e. The van der Waals surface area contributed by atoms with E-state index < -0.39 is 0 Å². The minimum absolute atomic E-state index is 0.0158. The Labute approximate surface area is 162 Å². The van der Waals surface area contributed by atoms with Crippen LogP contribution in [0.3, 0.4) is 0 Å². The lowest BCUT2D eigenvalue weighted by Gasteiger charge is -2.57. The normalized spacial score (nSPS) is 25.7. The first-order valence-corrected chi connectivity index (χ1v) is 10.4. The lowest BCUT2D eigenvalue weighted by atomic mass is 9.77. The van der Waals surface area contributed by atoms with Crippen LogP contribution in [0.25, 0.3) is 0 Å². The molecule has 27 heavy (non-hydrogen) atoms. The van der Waals surface area contributed by atoms with Crippen LogP contribution in [-0.2, 0) is 4.79 Å². The van der Waals surface area contributed by atoms with E-state index in [1.807, 2.05) is 28.9 Å². The molecule has 3 heterocycles. The van der Waals surface area contributed by atoms with Crippen LogP contribution in [0.15, 0.2) is 18.2 Å². The van der Waals surface area contributed by atoms with Crippen molar-refractivity contribution in [2.45, 2.75) is 51.5 Å². The van der Waals surface area contributed by atoms with E-state index in [1.54, 1.807) is 0 Å². The van der Waals surface area contributed by atoms with Crippen molar-refractivity contribution < 1.29 is 9.59 Å². The summed E-state index contributed by atoms with van der Waals surface area (Å²) in [6.45, 7) is 8.98. The monoisotopic (exact) mass is 369 g/mol. The van der Waals surface area contributed by atoms with Crippen molar-refractivity contribution >= 4 is 11.8 Å². The molecule has 2 amide bonds. The highest BCUT2D eigenvalue weighted by Crippen LogP contribution is 2.39. The summed E-state index contributed by atoms with van der Waals surface area (Å²) in [5, 5.41) is 0. The van der Waals surface area contributed by atoms with Crippen LogP contribution in [0, 0.1) is 13.8 Å². The van der Waals surface area contributed by atoms with Crippen molar-refractivity contribution in [1.29, 1.82) is 0 Å². The maximum atomic E-state index is 13.1. The Morgan fingerprint density at radius 3 is 2.37 bits per heavy atom. The number of benzene rings is 1. The fourth-order valence-electron chi connectivity index (χ4n) is 5.03. The standard InChI is InChI=1S/C22H31N3O2/c1-17-6-7-19(18(2)14-17)21(27)24-12-5-8-22(16-24)9-13-25(22)15-20(26)23-10-3-4-11-23/h6-7,14H,3-5,8-13,15-16H2,1-2H3/t22-/m0/s1. The molecule has 1 spiro atoms. The van der Waals surface area contributed by atoms with Gasteiger partial charge in [-0.25, -0.2) is 0 Å². The fourth-order valence-corrected chi connectivity index (χ4v) is 5.03. The molecule has 146 valence electrons. The first-order valence-electron chi connectivity index (χ1n) is 10.4. The molecular weight excluding hydrogens is 338 g/mol. The third-order valence-electron chi connectivity index (χ3n) is 6.76. The number of aryl methyl sites for hydroxylation is 2. The molecule has 0 N–H and O–H groups in total. The van der Waals surface area contributed by atoms with E-state index in [2.05, 4.69) is 17.9 Å². The molecule has 0 saturated carbocycles. The molecule has 0 radical (unpaired) electrons. The van der Waals surface area contributed by atoms with Crippen molar-refractivity contribution in [3.8, 4) is 0 Å². The lowest BCUT2D eigenvalue weighted by Crippen LogP contribution is -2.68. The van der Waals surface area contributed by atoms with Crippen LogP contribution in [0.2, 0.25) is 0 Å². The summed E-state index contributed by atoms with van der Waals surface area (Å²) in [7, 11) is 0. The Kier molecular flexibility index (Phi) is 4.97. The zero-order valence-electron chi connectivity index (χ0n) is 16.7. The van der Waals surface area contributed by atoms with Crippen molar-refractivity contribution in [3.63, 3.8) is 0 Å². The summed E-state index contributed by atoms with van der Waals surface area (Å²) in [5.74, 6) is 0.411. The zero-order valence-corrected chi connectivity index (χ0v) is 16.7. The van der Waals surface area contributed by atoms with Crippen LogP contribution >= 0.6 is 0 Å². The van der Waals surface area contributed by atoms with E-state index in [0.29, 0.717) is 6.54 Å². The fraction of sp³-hybridized carbons (Fsp3) is 0.636. The molecule has 3 aliphatic heterocycles. The lowest BCUT2D eigenvalue weighted by molar-refractivity contribution is -0.138. The number of carbonyl (C=O) groups is 2. The van der Waals surface area contributed by atoms with Crippen molar-refractivity contribution in [3.05, 3.63) is 34.9 Å². The summed E-state index contributed by atoms with van der Waals surface area (Å²) < 4.78 is 0. The van der Waals surface area contributed by atoms with Gasteiger partial charge in [0.1, 0.15) is 0 Å². The summed E-state index contributed by atoms with van der Waals surface area (Å²) in [5.41, 5.74) is 3.07. The van der Waals surface area contributed by atoms with Gasteiger partial charge in [0, 0.05) is 43.8 Å². The number of nitrogens with zero attached hydrogens (tertiary/aromatic N) is 3. The SMILES string of the molecule is Cc1ccc(C(=O)N2CCC[C@]3(CCN3CC(=O)N3CCCC3)C2)c(C)c1. The summed E-state index contributed by atoms with van der Waals surface area (Å²) in [6, 6.07) is 6.06. The topological polar surface area (TPSA) is 43.9 Å². The number of amides is 2. The minimum Gasteiger partial charge on any atom is -0.342 e. The van der Waals surface area contributed by atoms with Crippen molar-refractivity contribution in [2.75, 3.05) is 39.3 Å². The highest BCUT2D eigenvalue weighted by molar-refractivity contribution is 5.95. The molecule has 1 aromatic rings. The van der Waals surface area contributed by atoms with Gasteiger partial charge in [0.25, 0.3) is 5.91 Å². The van der Waals surface area contributed by atoms with Gasteiger partial charge in [-0.2, -0.15) is 0 Å². The first-order chi connectivity index (χ1) is 13.0. The maximum absolute atomic E-state index is 13.1. The van der Waals surface area contributed by atoms with E-state index in [-0.39, 0.29) is 17.4 Å². The molecule has 3 fully saturated rings. The van der Waals surface area contributed by atoms with Gasteiger partial charge in [-0.15, -0.1) is 0 Å². The molecule has 3 aliphatic rings. The van der Waals surface area contributed by atoms with Crippen LogP contribution in [0.4, 0.5) is 0 Å². The number of rotatable bonds is 3. The highest BCUT2D eigenvalue weighted by atomic mass is 16.2. The summed E-state index contributed by atoms with van der Waals surface area (Å²) in [4.78, 5) is 32.1. The summed E-state index contributed by atoms with van der Waals surface area (Å²) >= 11 is 0. The second-order valence-corrected chi connectivity index (χ2v) is 8.63. The van der Waals surface area contributed by atoms with Gasteiger partial charge in [-0.3, -0.25) is 14.5 Å². The second kappa shape index (κ2) is 7.27. The van der Waals surface area contributed by atoms with Crippen LogP contribution in [0.5, 0.6) is 0 Å². The van der Waals surface area contributed by atoms with Gasteiger partial charge < -0.3 is 9.80 Å². The Balaban J connectivity index is 1.44. The van der Waals surface area contributed by atoms with Gasteiger partial charge in [-0.1, -0.05) is 17.7 Å². The van der Waals surface area contributed by atoms with Gasteiger partial charge in [0.2, 0.25) is 5.91 Å². The van der Waals surface area contributed by atoms with Crippen molar-refractivity contribution in [2.24, 2.45) is 0 Å². The molecule has 5 nitrogen and oxygen atoms in total. The van der Waals surface area contributed by atoms with Crippen LogP contribution in [0.1, 0.15) is 53.6 Å². The third-order valence-corrected chi connectivity index (χ3v) is 6.76. The molecule has 3 saturated heterocycles. The molecule has 1 aromatic carbocycles. The van der Waals surface area contributed by atoms with Gasteiger partial charge in [-0.05, 0) is 57.6 Å². The molecule has 5 heteroatoms. The number of hydrogen-bond acceptors (Lipinski definition) is 3. The molecule has 4 rings (SSSR count). The third kappa shape index (κ3) is 3.49. The molecule has 0 bridgehead atoms. The summed E-state index contributed by atoms with van der Waals surface area (Å²) in [6.07, 6.45) is 5.48. The zero-order chi connectivity index (χ0) is 19.0. The van der Waals surface area contributed by atoms with E-state index in [0.717, 1.165) is 76.0 Å². The van der Waals surface area contributed by atoms with E-state index >= 15 is 0 Å². The Bertz CT molecular complexity index is 741. The quantitative estimate of drug-likeness (QED) is 0.823. The Hall–Kier alpha value is -1.88. The van der Waals surface area contributed by atoms with Crippen molar-refractivity contribution in [1.82, 2.24) is 14.7 Å². The van der Waals surface area contributed by atoms with Gasteiger partial charge in [0.15, 0.2) is 0 Å². The van der Waals surface area contributed by atoms with Crippen LogP contribution < -0.4 is 0 Å². The van der Waals surface area contributed by atoms with E-state index in [9.17, 15) is 9.59 Å². The predicted octanol–water partition coefficient (Wildman–Crippen LogP) is 2.61. The maximum Gasteiger partial charge on any atom is 0.254 e. The first kappa shape index (κ1) is 18.5. The number of hydrogen-bond donors (Lipinski definition) is 0. The number of likely N-dealkylation sites (tertiary alicyclic amines) is 3. The molecule has 0 aromatic heterocycles. The predicted molar refractivity (Wildman–Crippen MR) is 106 cm³/mol. The minimum atomic E-state index is 0.0158. The number of piperidine rings is 1. The number of carbonyl (C=O) groups excluding carboxylic acids is 2. The second-order valence-electron chi connectivity index (χ2n) is 8.63. The molecular formula is C22H31N3O2. The van der Waals surface area contributed by atoms with E-state index in [1.165, 1.54) is 5.56 Å². The molecule has 0 unspecified atom stereocenters. The van der Waals surface area contributed by atoms with Gasteiger partial charge in [0.05, 0.1) is 6.54 Å². The highest BCUT2D eigenvalue weighted by Gasteiger charge is 2.48. The Morgan fingerprint density at radius 1 is 0.963 bits per heavy atom. The van der Waals surface area contributed by atoms with Crippen LogP contribution in [-0.4, -0.2) is 71.3 Å². The van der Waals surface area contributed by atoms with Gasteiger partial charge >= 0.3 is 0 Å². The van der Waals surface area contributed by atoms with E-state index in [4.69, 9.17) is 0 Å². The molecule has 1 atom stereocenters. The largest absolute Gasteiger partial charge is 0.342 e. The average Bonchev–Trinajstić information content (AvgIpc) is 3.19. The Morgan fingerprint density at radius 2 is 1.70 bits per heavy atom. The average molecular weight is 370 g/mol.